The predicted octanol–water partition coefficient (Wildman–Crippen LogP) is 4.85. The molecular weight excluding hydrogens is 470 g/mol. The molecule has 0 radical (unpaired) electrons. The number of amides is 2. The minimum absolute atomic E-state index is 0.219. The van der Waals surface area contributed by atoms with Crippen LogP contribution >= 0.6 is 11.8 Å². The van der Waals surface area contributed by atoms with E-state index in [0.29, 0.717) is 24.4 Å². The average Bonchev–Trinajstić information content (AvgIpc) is 3.16. The van der Waals surface area contributed by atoms with Crippen LogP contribution in [0.1, 0.15) is 45.1 Å². The highest BCUT2D eigenvalue weighted by Gasteiger charge is 2.29. The maximum atomic E-state index is 12.1. The molecule has 0 aliphatic carbocycles. The van der Waals surface area contributed by atoms with Crippen molar-refractivity contribution in [2.75, 3.05) is 19.8 Å². The summed E-state index contributed by atoms with van der Waals surface area (Å²) in [5.41, 5.74) is 0.823. The highest BCUT2D eigenvalue weighted by atomic mass is 32.2. The number of unbranched alkanes of at least 4 members (excludes halogenated alkanes) is 2. The summed E-state index contributed by atoms with van der Waals surface area (Å²) in [7, 11) is 0. The molecule has 2 aromatic carbocycles. The van der Waals surface area contributed by atoms with Crippen molar-refractivity contribution in [1.29, 1.82) is 0 Å². The van der Waals surface area contributed by atoms with Crippen molar-refractivity contribution < 1.29 is 33.4 Å². The average molecular weight is 500 g/mol. The van der Waals surface area contributed by atoms with Gasteiger partial charge < -0.3 is 14.2 Å². The molecule has 0 spiro atoms. The number of rotatable bonds is 12. The molecule has 9 heteroatoms. The zero-order chi connectivity index (χ0) is 25.2. The van der Waals surface area contributed by atoms with Crippen molar-refractivity contribution in [3.8, 4) is 5.75 Å². The van der Waals surface area contributed by atoms with Crippen LogP contribution in [0, 0.1) is 5.92 Å². The van der Waals surface area contributed by atoms with Crippen LogP contribution in [-0.4, -0.2) is 42.9 Å². The summed E-state index contributed by atoms with van der Waals surface area (Å²) in [6, 6.07) is 11.4. The van der Waals surface area contributed by atoms with Crippen molar-refractivity contribution >= 4 is 51.7 Å². The summed E-state index contributed by atoms with van der Waals surface area (Å²) in [5, 5.41) is 3.71. The molecule has 2 amide bonds. The van der Waals surface area contributed by atoms with E-state index in [0.717, 1.165) is 46.7 Å². The van der Waals surface area contributed by atoms with Gasteiger partial charge in [0.1, 0.15) is 5.75 Å². The molecule has 8 nitrogen and oxygen atoms in total. The van der Waals surface area contributed by atoms with Gasteiger partial charge in [0.2, 0.25) is 0 Å². The van der Waals surface area contributed by atoms with Gasteiger partial charge in [-0.3, -0.25) is 24.5 Å². The Bertz CT molecular complexity index is 1110. The maximum absolute atomic E-state index is 12.1. The van der Waals surface area contributed by atoms with Crippen LogP contribution in [0.2, 0.25) is 0 Å². The fourth-order valence-corrected chi connectivity index (χ4v) is 4.41. The molecule has 0 aromatic heterocycles. The van der Waals surface area contributed by atoms with E-state index in [1.807, 2.05) is 36.4 Å². The van der Waals surface area contributed by atoms with Crippen LogP contribution in [-0.2, 0) is 23.9 Å². The summed E-state index contributed by atoms with van der Waals surface area (Å²) in [6.07, 6.45) is 4.27. The molecule has 2 aromatic rings. The Hall–Kier alpha value is -3.33. The molecule has 1 heterocycles. The van der Waals surface area contributed by atoms with Gasteiger partial charge in [0, 0.05) is 5.39 Å². The number of thioether (sulfide) groups is 1. The highest BCUT2D eigenvalue weighted by Crippen LogP contribution is 2.32. The van der Waals surface area contributed by atoms with Crippen LogP contribution in [0.25, 0.3) is 16.8 Å². The first-order valence-electron chi connectivity index (χ1n) is 11.7. The second kappa shape index (κ2) is 12.9. The number of esters is 2. The van der Waals surface area contributed by atoms with Crippen molar-refractivity contribution in [1.82, 2.24) is 5.32 Å². The number of benzene rings is 2. The Balaban J connectivity index is 1.57. The molecule has 1 aliphatic heterocycles. The molecule has 1 fully saturated rings. The number of ether oxygens (including phenoxy) is 3. The monoisotopic (exact) mass is 499 g/mol. The number of imide groups is 1. The minimum atomic E-state index is -0.892. The number of hydrogen-bond acceptors (Lipinski definition) is 8. The Morgan fingerprint density at radius 1 is 0.943 bits per heavy atom. The quantitative estimate of drug-likeness (QED) is 0.191. The lowest BCUT2D eigenvalue weighted by molar-refractivity contribution is -0.162. The lowest BCUT2D eigenvalue weighted by Gasteiger charge is -2.14. The first-order valence-corrected chi connectivity index (χ1v) is 12.5. The SMILES string of the molecule is CCOC(=O)C(CCCCCOc1ccc(C=C2SC(=O)NC2=O)c2ccccc12)C(=O)OCC. The largest absolute Gasteiger partial charge is 0.493 e. The van der Waals surface area contributed by atoms with E-state index in [2.05, 4.69) is 5.32 Å². The van der Waals surface area contributed by atoms with E-state index in [4.69, 9.17) is 14.2 Å². The summed E-state index contributed by atoms with van der Waals surface area (Å²) < 4.78 is 16.0. The number of carbonyl (C=O) groups excluding carboxylic acids is 4. The van der Waals surface area contributed by atoms with Gasteiger partial charge in [-0.25, -0.2) is 0 Å². The number of carbonyl (C=O) groups is 4. The van der Waals surface area contributed by atoms with Gasteiger partial charge in [-0.15, -0.1) is 0 Å². The molecule has 0 unspecified atom stereocenters. The van der Waals surface area contributed by atoms with Gasteiger partial charge in [0.15, 0.2) is 5.92 Å². The lowest BCUT2D eigenvalue weighted by atomic mass is 10.0. The van der Waals surface area contributed by atoms with Gasteiger partial charge >= 0.3 is 11.9 Å². The summed E-state index contributed by atoms with van der Waals surface area (Å²) >= 11 is 0.886. The topological polar surface area (TPSA) is 108 Å². The first-order chi connectivity index (χ1) is 16.9. The third kappa shape index (κ3) is 7.08. The summed E-state index contributed by atoms with van der Waals surface area (Å²) in [5.74, 6) is -1.64. The number of nitrogens with one attached hydrogen (secondary N) is 1. The van der Waals surface area contributed by atoms with Crippen LogP contribution in [0.3, 0.4) is 0 Å². The van der Waals surface area contributed by atoms with E-state index in [1.165, 1.54) is 0 Å². The second-order valence-electron chi connectivity index (χ2n) is 7.81. The summed E-state index contributed by atoms with van der Waals surface area (Å²) in [6.45, 7) is 4.32. The van der Waals surface area contributed by atoms with Gasteiger partial charge in [0.05, 0.1) is 24.7 Å². The van der Waals surface area contributed by atoms with Crippen LogP contribution in [0.4, 0.5) is 4.79 Å². The fourth-order valence-electron chi connectivity index (χ4n) is 3.74. The number of fused-ring (bicyclic) bond motifs is 1. The van der Waals surface area contributed by atoms with Gasteiger partial charge in [-0.05, 0) is 61.5 Å². The third-order valence-corrected chi connectivity index (χ3v) is 6.19. The van der Waals surface area contributed by atoms with Gasteiger partial charge in [-0.1, -0.05) is 43.2 Å². The molecule has 35 heavy (non-hydrogen) atoms. The highest BCUT2D eigenvalue weighted by molar-refractivity contribution is 8.18. The van der Waals surface area contributed by atoms with Crippen molar-refractivity contribution in [2.45, 2.75) is 39.5 Å². The normalized spacial score (nSPS) is 14.4. The molecule has 0 atom stereocenters. The van der Waals surface area contributed by atoms with Crippen molar-refractivity contribution in [2.24, 2.45) is 5.92 Å². The van der Waals surface area contributed by atoms with E-state index < -0.39 is 23.8 Å². The lowest BCUT2D eigenvalue weighted by Crippen LogP contribution is -2.28. The van der Waals surface area contributed by atoms with E-state index in [9.17, 15) is 19.2 Å². The molecule has 1 saturated heterocycles. The zero-order valence-corrected chi connectivity index (χ0v) is 20.7. The molecule has 3 rings (SSSR count). The Labute approximate surface area is 208 Å². The first kappa shape index (κ1) is 26.3. The van der Waals surface area contributed by atoms with Crippen LogP contribution in [0.5, 0.6) is 5.75 Å². The molecule has 1 aliphatic rings. The van der Waals surface area contributed by atoms with Crippen molar-refractivity contribution in [3.63, 3.8) is 0 Å². The van der Waals surface area contributed by atoms with Crippen molar-refractivity contribution in [3.05, 3.63) is 46.9 Å². The minimum Gasteiger partial charge on any atom is -0.493 e. The molecule has 0 saturated carbocycles. The Morgan fingerprint density at radius 3 is 2.26 bits per heavy atom. The maximum Gasteiger partial charge on any atom is 0.320 e. The standard InChI is InChI=1S/C26H29NO7S/c1-3-32-24(29)20(25(30)33-4-2)12-6-5-9-15-34-21-14-13-17(18-10-7-8-11-19(18)21)16-22-23(28)27-26(31)35-22/h7-8,10-11,13-14,16,20H,3-6,9,12,15H2,1-2H3,(H,27,28,31). The van der Waals surface area contributed by atoms with E-state index in [1.54, 1.807) is 19.9 Å². The molecular formula is C26H29NO7S. The number of hydrogen-bond donors (Lipinski definition) is 1. The zero-order valence-electron chi connectivity index (χ0n) is 19.8. The van der Waals surface area contributed by atoms with Crippen LogP contribution < -0.4 is 10.1 Å². The fraction of sp³-hybridized carbons (Fsp3) is 0.385. The van der Waals surface area contributed by atoms with Gasteiger partial charge in [0.25, 0.3) is 11.1 Å². The molecule has 1 N–H and O–H groups in total. The molecule has 186 valence electrons. The molecule has 0 bridgehead atoms. The second-order valence-corrected chi connectivity index (χ2v) is 8.82. The smallest absolute Gasteiger partial charge is 0.320 e. The Morgan fingerprint density at radius 2 is 1.63 bits per heavy atom. The van der Waals surface area contributed by atoms with Gasteiger partial charge in [-0.2, -0.15) is 0 Å². The third-order valence-electron chi connectivity index (χ3n) is 5.38. The predicted molar refractivity (Wildman–Crippen MR) is 134 cm³/mol. The van der Waals surface area contributed by atoms with E-state index in [-0.39, 0.29) is 18.5 Å². The van der Waals surface area contributed by atoms with E-state index >= 15 is 0 Å². The Kier molecular flexibility index (Phi) is 9.72. The van der Waals surface area contributed by atoms with Crippen LogP contribution in [0.15, 0.2) is 41.3 Å². The summed E-state index contributed by atoms with van der Waals surface area (Å²) in [4.78, 5) is 47.9.